The Morgan fingerprint density at radius 1 is 1.35 bits per heavy atom. The molecule has 3 rings (SSSR count). The van der Waals surface area contributed by atoms with Gasteiger partial charge in [0.25, 0.3) is 0 Å². The van der Waals surface area contributed by atoms with Crippen molar-refractivity contribution in [3.8, 4) is 0 Å². The summed E-state index contributed by atoms with van der Waals surface area (Å²) in [6.45, 7) is 4.11. The van der Waals surface area contributed by atoms with Crippen molar-refractivity contribution in [3.05, 3.63) is 29.8 Å². The summed E-state index contributed by atoms with van der Waals surface area (Å²) in [6.07, 6.45) is 5.24. The summed E-state index contributed by atoms with van der Waals surface area (Å²) < 4.78 is 0. The molecule has 1 aliphatic heterocycles. The number of nitrogens with one attached hydrogen (secondary N) is 1. The summed E-state index contributed by atoms with van der Waals surface area (Å²) in [5.41, 5.74) is 0.783. The highest BCUT2D eigenvalue weighted by Crippen LogP contribution is 2.41. The van der Waals surface area contributed by atoms with E-state index in [1.807, 2.05) is 6.92 Å². The van der Waals surface area contributed by atoms with E-state index in [0.29, 0.717) is 6.04 Å². The van der Waals surface area contributed by atoms with Gasteiger partial charge in [-0.05, 0) is 50.1 Å². The minimum atomic E-state index is -0.411. The zero-order chi connectivity index (χ0) is 14.3. The van der Waals surface area contributed by atoms with Gasteiger partial charge in [0.2, 0.25) is 5.91 Å². The van der Waals surface area contributed by atoms with E-state index in [0.717, 1.165) is 19.3 Å². The highest BCUT2D eigenvalue weighted by molar-refractivity contribution is 7.98. The van der Waals surface area contributed by atoms with Crippen LogP contribution in [0.3, 0.4) is 0 Å². The van der Waals surface area contributed by atoms with Gasteiger partial charge in [-0.25, -0.2) is 0 Å². The predicted molar refractivity (Wildman–Crippen MR) is 82.7 cm³/mol. The largest absolute Gasteiger partial charge is 0.318 e. The third-order valence-corrected chi connectivity index (χ3v) is 5.26. The maximum absolute atomic E-state index is 12.7. The third kappa shape index (κ3) is 2.25. The molecule has 2 aliphatic rings. The second kappa shape index (κ2) is 5.08. The average Bonchev–Trinajstić information content (AvgIpc) is 3.27. The van der Waals surface area contributed by atoms with Gasteiger partial charge in [0, 0.05) is 10.9 Å². The van der Waals surface area contributed by atoms with Crippen molar-refractivity contribution >= 4 is 17.7 Å². The van der Waals surface area contributed by atoms with Gasteiger partial charge in [-0.15, -0.1) is 11.8 Å². The first-order chi connectivity index (χ1) is 9.59. The lowest BCUT2D eigenvalue weighted by molar-refractivity contribution is -0.133. The molecule has 3 nitrogen and oxygen atoms in total. The van der Waals surface area contributed by atoms with Gasteiger partial charge < -0.3 is 4.90 Å². The standard InChI is InChI=1S/C16H22N2OS/c1-4-16(2)15(19)18(12-7-8-12)14(17-16)11-5-9-13(20-3)10-6-11/h5-6,9-10,12,14,17H,4,7-8H2,1-3H3. The molecule has 2 fully saturated rings. The van der Waals surface area contributed by atoms with Crippen LogP contribution in [-0.4, -0.2) is 28.6 Å². The van der Waals surface area contributed by atoms with Gasteiger partial charge in [0.05, 0.1) is 5.54 Å². The number of hydrogen-bond acceptors (Lipinski definition) is 3. The van der Waals surface area contributed by atoms with Crippen LogP contribution in [0.25, 0.3) is 0 Å². The van der Waals surface area contributed by atoms with Crippen LogP contribution in [0, 0.1) is 0 Å². The molecule has 1 saturated heterocycles. The summed E-state index contributed by atoms with van der Waals surface area (Å²) in [7, 11) is 0. The lowest BCUT2D eigenvalue weighted by Gasteiger charge is -2.24. The quantitative estimate of drug-likeness (QED) is 0.865. The van der Waals surface area contributed by atoms with Crippen LogP contribution >= 0.6 is 11.8 Å². The number of rotatable bonds is 4. The molecule has 108 valence electrons. The maximum atomic E-state index is 12.7. The van der Waals surface area contributed by atoms with E-state index in [-0.39, 0.29) is 12.1 Å². The molecule has 0 spiro atoms. The van der Waals surface area contributed by atoms with Crippen LogP contribution < -0.4 is 5.32 Å². The zero-order valence-corrected chi connectivity index (χ0v) is 13.2. The number of amides is 1. The van der Waals surface area contributed by atoms with Crippen molar-refractivity contribution in [1.82, 2.24) is 10.2 Å². The van der Waals surface area contributed by atoms with Crippen molar-refractivity contribution in [3.63, 3.8) is 0 Å². The molecule has 0 bridgehead atoms. The fourth-order valence-electron chi connectivity index (χ4n) is 2.85. The van der Waals surface area contributed by atoms with E-state index >= 15 is 0 Å². The fraction of sp³-hybridized carbons (Fsp3) is 0.562. The molecule has 2 atom stereocenters. The first-order valence-corrected chi connectivity index (χ1v) is 8.56. The molecule has 1 aliphatic carbocycles. The van der Waals surface area contributed by atoms with Crippen LogP contribution in [0.1, 0.15) is 44.8 Å². The van der Waals surface area contributed by atoms with Gasteiger partial charge in [0.1, 0.15) is 6.17 Å². The molecular formula is C16H22N2OS. The molecule has 1 N–H and O–H groups in total. The third-order valence-electron chi connectivity index (χ3n) is 4.52. The monoisotopic (exact) mass is 290 g/mol. The minimum Gasteiger partial charge on any atom is -0.318 e. The molecule has 1 aromatic rings. The highest BCUT2D eigenvalue weighted by Gasteiger charge is 2.51. The van der Waals surface area contributed by atoms with E-state index in [2.05, 4.69) is 47.7 Å². The van der Waals surface area contributed by atoms with E-state index in [9.17, 15) is 4.79 Å². The number of thioether (sulfide) groups is 1. The molecule has 1 heterocycles. The highest BCUT2D eigenvalue weighted by atomic mass is 32.2. The van der Waals surface area contributed by atoms with Gasteiger partial charge in [-0.3, -0.25) is 10.1 Å². The Labute approximate surface area is 125 Å². The lowest BCUT2D eigenvalue weighted by atomic mass is 9.99. The SMILES string of the molecule is CCC1(C)NC(c2ccc(SC)cc2)N(C2CC2)C1=O. The second-order valence-electron chi connectivity index (χ2n) is 5.95. The number of nitrogens with zero attached hydrogens (tertiary/aromatic N) is 1. The van der Waals surface area contributed by atoms with Crippen LogP contribution in [-0.2, 0) is 4.79 Å². The molecule has 1 aromatic carbocycles. The molecule has 4 heteroatoms. The van der Waals surface area contributed by atoms with E-state index in [4.69, 9.17) is 0 Å². The zero-order valence-electron chi connectivity index (χ0n) is 12.3. The number of benzene rings is 1. The second-order valence-corrected chi connectivity index (χ2v) is 6.83. The normalized spacial score (nSPS) is 30.1. The maximum Gasteiger partial charge on any atom is 0.244 e. The smallest absolute Gasteiger partial charge is 0.244 e. The van der Waals surface area contributed by atoms with Gasteiger partial charge in [-0.1, -0.05) is 19.1 Å². The Balaban J connectivity index is 1.91. The van der Waals surface area contributed by atoms with Crippen molar-refractivity contribution < 1.29 is 4.79 Å². The summed E-state index contributed by atoms with van der Waals surface area (Å²) in [4.78, 5) is 16.0. The lowest BCUT2D eigenvalue weighted by Crippen LogP contribution is -2.43. The molecule has 20 heavy (non-hydrogen) atoms. The molecule has 1 saturated carbocycles. The number of carbonyl (C=O) groups excluding carboxylic acids is 1. The first-order valence-electron chi connectivity index (χ1n) is 7.33. The van der Waals surface area contributed by atoms with E-state index < -0.39 is 5.54 Å². The fourth-order valence-corrected chi connectivity index (χ4v) is 3.26. The van der Waals surface area contributed by atoms with E-state index in [1.54, 1.807) is 11.8 Å². The van der Waals surface area contributed by atoms with Crippen molar-refractivity contribution in [1.29, 1.82) is 0 Å². The van der Waals surface area contributed by atoms with Crippen molar-refractivity contribution in [2.75, 3.05) is 6.26 Å². The van der Waals surface area contributed by atoms with Crippen LogP contribution in [0.15, 0.2) is 29.2 Å². The summed E-state index contributed by atoms with van der Waals surface area (Å²) in [5, 5.41) is 3.56. The molecular weight excluding hydrogens is 268 g/mol. The molecule has 1 amide bonds. The minimum absolute atomic E-state index is 0.0378. The first kappa shape index (κ1) is 14.0. The number of hydrogen-bond donors (Lipinski definition) is 1. The Hall–Kier alpha value is -1.00. The topological polar surface area (TPSA) is 32.3 Å². The van der Waals surface area contributed by atoms with E-state index in [1.165, 1.54) is 10.5 Å². The van der Waals surface area contributed by atoms with Crippen LogP contribution in [0.4, 0.5) is 0 Å². The predicted octanol–water partition coefficient (Wildman–Crippen LogP) is 3.17. The average molecular weight is 290 g/mol. The van der Waals surface area contributed by atoms with Crippen LogP contribution in [0.5, 0.6) is 0 Å². The van der Waals surface area contributed by atoms with Crippen molar-refractivity contribution in [2.24, 2.45) is 0 Å². The summed E-state index contributed by atoms with van der Waals surface area (Å²) in [6, 6.07) is 9.01. The van der Waals surface area contributed by atoms with Gasteiger partial charge in [0.15, 0.2) is 0 Å². The molecule has 0 radical (unpaired) electrons. The summed E-state index contributed by atoms with van der Waals surface area (Å²) >= 11 is 1.74. The van der Waals surface area contributed by atoms with Crippen LogP contribution in [0.2, 0.25) is 0 Å². The Kier molecular flexibility index (Phi) is 3.55. The Bertz CT molecular complexity index is 512. The molecule has 0 aromatic heterocycles. The summed E-state index contributed by atoms with van der Waals surface area (Å²) in [5.74, 6) is 0.265. The Morgan fingerprint density at radius 3 is 2.50 bits per heavy atom. The van der Waals surface area contributed by atoms with Crippen molar-refractivity contribution in [2.45, 2.75) is 55.8 Å². The number of carbonyl (C=O) groups is 1. The van der Waals surface area contributed by atoms with Gasteiger partial charge >= 0.3 is 0 Å². The molecule has 2 unspecified atom stereocenters. The Morgan fingerprint density at radius 2 is 2.00 bits per heavy atom. The van der Waals surface area contributed by atoms with Gasteiger partial charge in [-0.2, -0.15) is 0 Å².